The van der Waals surface area contributed by atoms with E-state index in [2.05, 4.69) is 23.3 Å². The molecule has 2 heteroatoms. The summed E-state index contributed by atoms with van der Waals surface area (Å²) in [5.41, 5.74) is 0. The topological polar surface area (TPSA) is 0 Å². The number of hydrogen-bond acceptors (Lipinski definition) is 2. The van der Waals surface area contributed by atoms with E-state index < -0.39 is 0 Å². The number of hydrogen-bond donors (Lipinski definition) is 2. The fourth-order valence-corrected chi connectivity index (χ4v) is 1.14. The Hall–Kier alpha value is 0.700. The Labute approximate surface area is 61.3 Å². The van der Waals surface area contributed by atoms with Crippen molar-refractivity contribution in [3.05, 3.63) is 0 Å². The summed E-state index contributed by atoms with van der Waals surface area (Å²) in [6.45, 7) is 0. The van der Waals surface area contributed by atoms with Crippen LogP contribution in [0.4, 0.5) is 0 Å². The van der Waals surface area contributed by atoms with Gasteiger partial charge in [0.1, 0.15) is 0 Å². The molecule has 48 valence electrons. The minimum atomic E-state index is 1.21. The lowest BCUT2D eigenvalue weighted by molar-refractivity contribution is 0.716. The van der Waals surface area contributed by atoms with Crippen LogP contribution in [0, 0.1) is 11.8 Å². The Morgan fingerprint density at radius 3 is 1.12 bits per heavy atom. The van der Waals surface area contributed by atoms with Gasteiger partial charge in [-0.1, -0.05) is 0 Å². The van der Waals surface area contributed by atoms with Crippen LogP contribution in [-0.2, 0) is 0 Å². The highest BCUT2D eigenvalue weighted by Crippen LogP contribution is 2.49. The number of rotatable bonds is 1. The molecule has 2 aliphatic carbocycles. The van der Waals surface area contributed by atoms with Crippen LogP contribution in [0.5, 0.6) is 0 Å². The monoisotopic (exact) mass is 148 g/mol. The van der Waals surface area contributed by atoms with Crippen molar-refractivity contribution in [3.8, 4) is 0 Å². The van der Waals surface area contributed by atoms with Gasteiger partial charge in [0.25, 0.3) is 0 Å². The predicted molar refractivity (Wildman–Crippen MR) is 43.4 cm³/mol. The average molecular weight is 148 g/mol. The molecule has 2 rings (SSSR count). The summed E-state index contributed by atoms with van der Waals surface area (Å²) >= 11 is 6.44. The van der Waals surface area contributed by atoms with E-state index in [1.807, 2.05) is 0 Å². The molecule has 0 aromatic rings. The molecule has 0 spiro atoms. The highest BCUT2D eigenvalue weighted by atomic mass is 33.1. The summed E-state index contributed by atoms with van der Waals surface area (Å²) in [7, 11) is 0. The van der Waals surface area contributed by atoms with E-state index in [-0.39, 0.29) is 0 Å². The van der Waals surface area contributed by atoms with E-state index >= 15 is 0 Å². The van der Waals surface area contributed by atoms with E-state index in [9.17, 15) is 0 Å². The maximum Gasteiger partial charge on any atom is -0.0386 e. The van der Waals surface area contributed by atoms with E-state index in [0.717, 1.165) is 0 Å². The van der Waals surface area contributed by atoms with Gasteiger partial charge in [-0.15, -0.1) is 23.3 Å². The van der Waals surface area contributed by atoms with E-state index in [4.69, 9.17) is 0 Å². The molecule has 0 nitrogen and oxygen atoms in total. The van der Waals surface area contributed by atoms with E-state index in [0.29, 0.717) is 0 Å². The maximum atomic E-state index is 3.22. The SMILES string of the molecule is C1CC1C1CC1.SS. The van der Waals surface area contributed by atoms with Crippen molar-refractivity contribution in [2.75, 3.05) is 0 Å². The predicted octanol–water partition coefficient (Wildman–Crippen LogP) is 2.57. The van der Waals surface area contributed by atoms with Crippen LogP contribution in [0.15, 0.2) is 0 Å². The molecule has 0 aromatic carbocycles. The molecule has 2 fully saturated rings. The lowest BCUT2D eigenvalue weighted by atomic mass is 10.3. The van der Waals surface area contributed by atoms with Gasteiger partial charge in [0, 0.05) is 0 Å². The number of thiol groups is 2. The Bertz CT molecular complexity index is 54.9. The minimum absolute atomic E-state index is 1.21. The Kier molecular flexibility index (Phi) is 2.57. The molecule has 2 aliphatic rings. The molecule has 0 atom stereocenters. The normalized spacial score (nSPS) is 26.2. The first-order chi connectivity index (χ1) is 3.97. The van der Waals surface area contributed by atoms with Gasteiger partial charge < -0.3 is 0 Å². The second-order valence-corrected chi connectivity index (χ2v) is 2.67. The summed E-state index contributed by atoms with van der Waals surface area (Å²) in [4.78, 5) is 0. The van der Waals surface area contributed by atoms with Gasteiger partial charge in [-0.3, -0.25) is 0 Å². The van der Waals surface area contributed by atoms with Gasteiger partial charge in [-0.25, -0.2) is 0 Å². The third kappa shape index (κ3) is 1.90. The Morgan fingerprint density at radius 1 is 0.750 bits per heavy atom. The average Bonchev–Trinajstić information content (AvgIpc) is 2.66. The van der Waals surface area contributed by atoms with Crippen LogP contribution in [0.1, 0.15) is 25.7 Å². The van der Waals surface area contributed by atoms with Crippen LogP contribution < -0.4 is 0 Å². The molecule has 0 heterocycles. The van der Waals surface area contributed by atoms with Crippen molar-refractivity contribution >= 4 is 23.3 Å². The molecule has 0 amide bonds. The highest BCUT2D eigenvalue weighted by molar-refractivity contribution is 8.59. The second kappa shape index (κ2) is 3.02. The quantitative estimate of drug-likeness (QED) is 0.414. The van der Waals surface area contributed by atoms with Crippen LogP contribution in [0.25, 0.3) is 0 Å². The van der Waals surface area contributed by atoms with Crippen molar-refractivity contribution < 1.29 is 0 Å². The first kappa shape index (κ1) is 6.81. The lowest BCUT2D eigenvalue weighted by Gasteiger charge is -1.77. The molecule has 8 heavy (non-hydrogen) atoms. The zero-order valence-electron chi connectivity index (χ0n) is 4.88. The highest BCUT2D eigenvalue weighted by Gasteiger charge is 2.37. The third-order valence-electron chi connectivity index (χ3n) is 1.91. The largest absolute Gasteiger partial charge is 0.115 e. The van der Waals surface area contributed by atoms with Crippen LogP contribution in [0.3, 0.4) is 0 Å². The molecular formula is C6H12S2. The zero-order chi connectivity index (χ0) is 5.98. The van der Waals surface area contributed by atoms with Gasteiger partial charge in [-0.2, -0.15) is 0 Å². The first-order valence-electron chi connectivity index (χ1n) is 3.17. The lowest BCUT2D eigenvalue weighted by Crippen LogP contribution is -1.70. The fraction of sp³-hybridized carbons (Fsp3) is 1.00. The summed E-state index contributed by atoms with van der Waals surface area (Å²) in [5.74, 6) is 2.43. The van der Waals surface area contributed by atoms with Crippen molar-refractivity contribution in [2.24, 2.45) is 11.8 Å². The molecule has 0 unspecified atom stereocenters. The summed E-state index contributed by atoms with van der Waals surface area (Å²) in [6, 6.07) is 0. The molecule has 0 aromatic heterocycles. The fourth-order valence-electron chi connectivity index (χ4n) is 1.14. The van der Waals surface area contributed by atoms with Gasteiger partial charge in [0.2, 0.25) is 0 Å². The standard InChI is InChI=1S/C6H10.H2S2/c1-2-5(1)6-3-4-6;1-2/h5-6H,1-4H2;1-2H. The van der Waals surface area contributed by atoms with Gasteiger partial charge in [0.15, 0.2) is 0 Å². The van der Waals surface area contributed by atoms with Crippen LogP contribution in [0.2, 0.25) is 0 Å². The molecule has 0 aliphatic heterocycles. The molecule has 0 saturated heterocycles. The van der Waals surface area contributed by atoms with Crippen molar-refractivity contribution in [1.29, 1.82) is 0 Å². The smallest absolute Gasteiger partial charge is 0.0386 e. The zero-order valence-corrected chi connectivity index (χ0v) is 6.67. The van der Waals surface area contributed by atoms with Gasteiger partial charge in [-0.05, 0) is 37.5 Å². The molecular weight excluding hydrogens is 136 g/mol. The molecule has 0 bridgehead atoms. The van der Waals surface area contributed by atoms with Gasteiger partial charge >= 0.3 is 0 Å². The molecule has 2 saturated carbocycles. The molecule has 0 radical (unpaired) electrons. The minimum Gasteiger partial charge on any atom is -0.115 e. The third-order valence-corrected chi connectivity index (χ3v) is 1.91. The van der Waals surface area contributed by atoms with Crippen molar-refractivity contribution in [1.82, 2.24) is 0 Å². The van der Waals surface area contributed by atoms with E-state index in [1.54, 1.807) is 25.7 Å². The Morgan fingerprint density at radius 2 is 1.00 bits per heavy atom. The van der Waals surface area contributed by atoms with Crippen molar-refractivity contribution in [3.63, 3.8) is 0 Å². The maximum absolute atomic E-state index is 3.22. The molecule has 0 N–H and O–H groups in total. The van der Waals surface area contributed by atoms with Crippen molar-refractivity contribution in [2.45, 2.75) is 25.7 Å². The summed E-state index contributed by atoms with van der Waals surface area (Å²) in [6.07, 6.45) is 6.24. The van der Waals surface area contributed by atoms with Gasteiger partial charge in [0.05, 0.1) is 0 Å². The van der Waals surface area contributed by atoms with Crippen LogP contribution in [-0.4, -0.2) is 0 Å². The summed E-state index contributed by atoms with van der Waals surface area (Å²) < 4.78 is 0. The van der Waals surface area contributed by atoms with E-state index in [1.165, 1.54) is 11.8 Å². The second-order valence-electron chi connectivity index (χ2n) is 2.67. The Balaban J connectivity index is 0.000000147. The van der Waals surface area contributed by atoms with Crippen LogP contribution >= 0.6 is 23.3 Å². The summed E-state index contributed by atoms with van der Waals surface area (Å²) in [5, 5.41) is 0. The first-order valence-corrected chi connectivity index (χ1v) is 4.77.